The first-order valence-electron chi connectivity index (χ1n) is 5.08. The van der Waals surface area contributed by atoms with Crippen molar-refractivity contribution in [1.29, 1.82) is 0 Å². The molecule has 0 bridgehead atoms. The predicted molar refractivity (Wildman–Crippen MR) is 58.4 cm³/mol. The standard InChI is InChI=1S/C9H17N3S/c1-3-10-9(11-4-1)12-5-2-7-13-8-6-12/h1-8H2,(H,10,11). The molecule has 1 N–H and O–H groups in total. The summed E-state index contributed by atoms with van der Waals surface area (Å²) in [6.07, 6.45) is 2.48. The Labute approximate surface area is 84.0 Å². The average Bonchev–Trinajstić information content (AvgIpc) is 2.47. The molecule has 0 aromatic rings. The van der Waals surface area contributed by atoms with Crippen LogP contribution in [0.5, 0.6) is 0 Å². The molecule has 0 atom stereocenters. The quantitative estimate of drug-likeness (QED) is 0.624. The molecule has 0 radical (unpaired) electrons. The number of rotatable bonds is 0. The molecule has 3 nitrogen and oxygen atoms in total. The Bertz CT molecular complexity index is 185. The normalized spacial score (nSPS) is 24.6. The number of aliphatic imine (C=N–C) groups is 1. The molecule has 2 aliphatic rings. The summed E-state index contributed by atoms with van der Waals surface area (Å²) < 4.78 is 0. The van der Waals surface area contributed by atoms with Crippen molar-refractivity contribution in [3.05, 3.63) is 0 Å². The van der Waals surface area contributed by atoms with Gasteiger partial charge in [-0.05, 0) is 18.6 Å². The number of hydrogen-bond donors (Lipinski definition) is 1. The third-order valence-corrected chi connectivity index (χ3v) is 3.45. The van der Waals surface area contributed by atoms with Gasteiger partial charge in [0.1, 0.15) is 0 Å². The third-order valence-electron chi connectivity index (χ3n) is 2.40. The molecule has 4 heteroatoms. The Kier molecular flexibility index (Phi) is 3.35. The molecule has 2 aliphatic heterocycles. The molecule has 1 saturated heterocycles. The van der Waals surface area contributed by atoms with Gasteiger partial charge in [0.25, 0.3) is 0 Å². The molecule has 0 unspecified atom stereocenters. The maximum absolute atomic E-state index is 4.52. The summed E-state index contributed by atoms with van der Waals surface area (Å²) >= 11 is 2.06. The van der Waals surface area contributed by atoms with Gasteiger partial charge in [-0.25, -0.2) is 0 Å². The van der Waals surface area contributed by atoms with Gasteiger partial charge in [0, 0.05) is 31.9 Å². The summed E-state index contributed by atoms with van der Waals surface area (Å²) in [6, 6.07) is 0. The van der Waals surface area contributed by atoms with Gasteiger partial charge in [-0.15, -0.1) is 0 Å². The number of nitrogens with zero attached hydrogens (tertiary/aromatic N) is 2. The molecule has 0 saturated carbocycles. The van der Waals surface area contributed by atoms with E-state index in [1.54, 1.807) is 0 Å². The van der Waals surface area contributed by atoms with Crippen LogP contribution < -0.4 is 5.32 Å². The van der Waals surface area contributed by atoms with Crippen molar-refractivity contribution in [1.82, 2.24) is 10.2 Å². The average molecular weight is 199 g/mol. The molecule has 0 amide bonds. The minimum absolute atomic E-state index is 1.01. The minimum atomic E-state index is 1.01. The number of hydrogen-bond acceptors (Lipinski definition) is 4. The van der Waals surface area contributed by atoms with E-state index in [1.807, 2.05) is 0 Å². The first kappa shape index (κ1) is 9.19. The van der Waals surface area contributed by atoms with Crippen LogP contribution in [0.15, 0.2) is 4.99 Å². The van der Waals surface area contributed by atoms with Gasteiger partial charge in [-0.3, -0.25) is 4.99 Å². The SMILES string of the molecule is C1CN=C(N2CCCSCC2)NC1. The van der Waals surface area contributed by atoms with Crippen LogP contribution in [0.2, 0.25) is 0 Å². The lowest BCUT2D eigenvalue weighted by molar-refractivity contribution is 0.424. The fraction of sp³-hybridized carbons (Fsp3) is 0.889. The lowest BCUT2D eigenvalue weighted by atomic mass is 10.3. The number of guanidine groups is 1. The van der Waals surface area contributed by atoms with E-state index in [9.17, 15) is 0 Å². The van der Waals surface area contributed by atoms with Crippen LogP contribution in [0, 0.1) is 0 Å². The van der Waals surface area contributed by atoms with Gasteiger partial charge in [0.2, 0.25) is 0 Å². The van der Waals surface area contributed by atoms with Crippen molar-refractivity contribution in [2.75, 3.05) is 37.7 Å². The first-order chi connectivity index (χ1) is 6.47. The maximum atomic E-state index is 4.52. The van der Waals surface area contributed by atoms with Crippen LogP contribution >= 0.6 is 11.8 Å². The predicted octanol–water partition coefficient (Wildman–Crippen LogP) is 0.775. The molecule has 0 aromatic heterocycles. The Morgan fingerprint density at radius 2 is 2.23 bits per heavy atom. The highest BCUT2D eigenvalue weighted by atomic mass is 32.2. The van der Waals surface area contributed by atoms with Crippen molar-refractivity contribution in [2.24, 2.45) is 4.99 Å². The molecular formula is C9H17N3S. The molecule has 1 fully saturated rings. The van der Waals surface area contributed by atoms with Gasteiger partial charge < -0.3 is 10.2 Å². The maximum Gasteiger partial charge on any atom is 0.193 e. The molecule has 2 rings (SSSR count). The van der Waals surface area contributed by atoms with Gasteiger partial charge in [0.05, 0.1) is 0 Å². The summed E-state index contributed by atoms with van der Waals surface area (Å²) in [7, 11) is 0. The number of thioether (sulfide) groups is 1. The van der Waals surface area contributed by atoms with Crippen LogP contribution in [0.3, 0.4) is 0 Å². The van der Waals surface area contributed by atoms with Crippen molar-refractivity contribution in [3.8, 4) is 0 Å². The molecule has 0 spiro atoms. The topological polar surface area (TPSA) is 27.6 Å². The zero-order valence-electron chi connectivity index (χ0n) is 7.96. The molecule has 13 heavy (non-hydrogen) atoms. The monoisotopic (exact) mass is 199 g/mol. The second-order valence-corrected chi connectivity index (χ2v) is 4.66. The van der Waals surface area contributed by atoms with Crippen molar-refractivity contribution in [3.63, 3.8) is 0 Å². The molecule has 0 aliphatic carbocycles. The van der Waals surface area contributed by atoms with Crippen LogP contribution in [-0.4, -0.2) is 48.5 Å². The largest absolute Gasteiger partial charge is 0.356 e. The van der Waals surface area contributed by atoms with E-state index in [-0.39, 0.29) is 0 Å². The van der Waals surface area contributed by atoms with E-state index in [4.69, 9.17) is 0 Å². The zero-order chi connectivity index (χ0) is 8.93. The highest BCUT2D eigenvalue weighted by Gasteiger charge is 2.14. The third kappa shape index (κ3) is 2.53. The van der Waals surface area contributed by atoms with Crippen molar-refractivity contribution in [2.45, 2.75) is 12.8 Å². The smallest absolute Gasteiger partial charge is 0.193 e. The molecule has 0 aromatic carbocycles. The number of nitrogens with one attached hydrogen (secondary N) is 1. The van der Waals surface area contributed by atoms with Crippen LogP contribution in [0.4, 0.5) is 0 Å². The van der Waals surface area contributed by atoms with E-state index in [0.717, 1.165) is 25.6 Å². The van der Waals surface area contributed by atoms with Gasteiger partial charge in [-0.2, -0.15) is 11.8 Å². The van der Waals surface area contributed by atoms with Crippen LogP contribution in [0.1, 0.15) is 12.8 Å². The summed E-state index contributed by atoms with van der Waals surface area (Å²) in [4.78, 5) is 6.92. The van der Waals surface area contributed by atoms with Gasteiger partial charge in [-0.1, -0.05) is 0 Å². The molecular weight excluding hydrogens is 182 g/mol. The summed E-state index contributed by atoms with van der Waals surface area (Å²) in [6.45, 7) is 4.45. The van der Waals surface area contributed by atoms with Crippen molar-refractivity contribution < 1.29 is 0 Å². The van der Waals surface area contributed by atoms with Gasteiger partial charge in [0.15, 0.2) is 5.96 Å². The first-order valence-corrected chi connectivity index (χ1v) is 6.23. The lowest BCUT2D eigenvalue weighted by Gasteiger charge is -2.27. The second kappa shape index (κ2) is 4.74. The van der Waals surface area contributed by atoms with E-state index >= 15 is 0 Å². The Balaban J connectivity index is 1.92. The van der Waals surface area contributed by atoms with E-state index in [1.165, 1.54) is 30.9 Å². The molecule has 2 heterocycles. The Hall–Kier alpha value is -0.380. The summed E-state index contributed by atoms with van der Waals surface area (Å²) in [5, 5.41) is 3.38. The van der Waals surface area contributed by atoms with Gasteiger partial charge >= 0.3 is 0 Å². The highest BCUT2D eigenvalue weighted by molar-refractivity contribution is 7.99. The summed E-state index contributed by atoms with van der Waals surface area (Å²) in [5.74, 6) is 3.71. The highest BCUT2D eigenvalue weighted by Crippen LogP contribution is 2.10. The zero-order valence-corrected chi connectivity index (χ0v) is 8.78. The second-order valence-electron chi connectivity index (χ2n) is 3.44. The summed E-state index contributed by atoms with van der Waals surface area (Å²) in [5.41, 5.74) is 0. The van der Waals surface area contributed by atoms with Crippen LogP contribution in [0.25, 0.3) is 0 Å². The van der Waals surface area contributed by atoms with E-state index < -0.39 is 0 Å². The fourth-order valence-corrected chi connectivity index (χ4v) is 2.58. The minimum Gasteiger partial charge on any atom is -0.356 e. The van der Waals surface area contributed by atoms with E-state index in [0.29, 0.717) is 0 Å². The molecule has 74 valence electrons. The Morgan fingerprint density at radius 1 is 1.23 bits per heavy atom. The van der Waals surface area contributed by atoms with E-state index in [2.05, 4.69) is 27.0 Å². The van der Waals surface area contributed by atoms with Crippen molar-refractivity contribution >= 4 is 17.7 Å². The van der Waals surface area contributed by atoms with Crippen LogP contribution in [-0.2, 0) is 0 Å². The lowest BCUT2D eigenvalue weighted by Crippen LogP contribution is -2.45. The fourth-order valence-electron chi connectivity index (χ4n) is 1.69. The Morgan fingerprint density at radius 3 is 3.08 bits per heavy atom.